The van der Waals surface area contributed by atoms with Crippen molar-refractivity contribution in [1.82, 2.24) is 0 Å². The highest BCUT2D eigenvalue weighted by Gasteiger charge is 1.43. The lowest BCUT2D eigenvalue weighted by Crippen LogP contribution is -1.86. The Morgan fingerprint density at radius 1 is 1.67 bits per heavy atom. The summed E-state index contributed by atoms with van der Waals surface area (Å²) in [5.41, 5.74) is 0. The van der Waals surface area contributed by atoms with E-state index in [1.807, 2.05) is 0 Å². The Kier molecular flexibility index (Phi) is 13.4. The molecule has 0 amide bonds. The van der Waals surface area contributed by atoms with Crippen molar-refractivity contribution in [3.8, 4) is 12.0 Å². The van der Waals surface area contributed by atoms with Crippen molar-refractivity contribution < 1.29 is 4.84 Å². The molecular weight excluding hydrogens is 101 g/mol. The topological polar surface area (TPSA) is 35.2 Å². The van der Waals surface area contributed by atoms with Crippen LogP contribution in [0.25, 0.3) is 0 Å². The molecule has 2 nitrogen and oxygen atoms in total. The van der Waals surface area contributed by atoms with Gasteiger partial charge in [0.25, 0.3) is 0 Å². The molecule has 0 unspecified atom stereocenters. The maximum Gasteiger partial charge on any atom is 0.137 e. The van der Waals surface area contributed by atoms with Crippen LogP contribution >= 0.6 is 12.4 Å². The lowest BCUT2D eigenvalue weighted by atomic mass is 10.8. The number of hydrogen-bond acceptors (Lipinski definition) is 2. The minimum atomic E-state index is 0. The quantitative estimate of drug-likeness (QED) is 0.357. The second kappa shape index (κ2) is 8.82. The van der Waals surface area contributed by atoms with Gasteiger partial charge in [-0.25, -0.2) is 0 Å². The maximum atomic E-state index is 4.47. The van der Waals surface area contributed by atoms with Gasteiger partial charge >= 0.3 is 0 Å². The third-order valence-corrected chi connectivity index (χ3v) is 0.161. The van der Waals surface area contributed by atoms with Gasteiger partial charge in [0.15, 0.2) is 0 Å². The fourth-order valence-electron chi connectivity index (χ4n) is 0.0589. The molecule has 36 valence electrons. The van der Waals surface area contributed by atoms with Crippen molar-refractivity contribution in [3.05, 3.63) is 0 Å². The summed E-state index contributed by atoms with van der Waals surface area (Å²) < 4.78 is 0. The van der Waals surface area contributed by atoms with Crippen LogP contribution in [0.3, 0.4) is 0 Å². The lowest BCUT2D eigenvalue weighted by Gasteiger charge is -1.68. The molecule has 0 aliphatic heterocycles. The molecule has 0 fully saturated rings. The van der Waals surface area contributed by atoms with Gasteiger partial charge in [-0.15, -0.1) is 12.4 Å². The highest BCUT2D eigenvalue weighted by molar-refractivity contribution is 5.85. The second-order valence-corrected chi connectivity index (χ2v) is 0.470. The van der Waals surface area contributed by atoms with E-state index in [4.69, 9.17) is 0 Å². The van der Waals surface area contributed by atoms with E-state index in [0.717, 1.165) is 0 Å². The summed E-state index contributed by atoms with van der Waals surface area (Å²) in [5, 5.41) is 0. The van der Waals surface area contributed by atoms with Gasteiger partial charge in [0, 0.05) is 6.92 Å². The molecule has 0 aromatic rings. The summed E-state index contributed by atoms with van der Waals surface area (Å²) in [6.45, 7) is 1.65. The predicted octanol–water partition coefficient (Wildman–Crippen LogP) is 0.279. The largest absolute Gasteiger partial charge is 0.359 e. The van der Waals surface area contributed by atoms with Gasteiger partial charge in [-0.2, -0.15) is 5.90 Å². The number of rotatable bonds is 0. The smallest absolute Gasteiger partial charge is 0.137 e. The van der Waals surface area contributed by atoms with Crippen LogP contribution in [0.15, 0.2) is 0 Å². The van der Waals surface area contributed by atoms with Gasteiger partial charge in [-0.3, -0.25) is 0 Å². The fraction of sp³-hybridized carbons (Fsp3) is 0.333. The van der Waals surface area contributed by atoms with E-state index in [2.05, 4.69) is 22.8 Å². The minimum Gasteiger partial charge on any atom is -0.359 e. The fourth-order valence-corrected chi connectivity index (χ4v) is 0.0589. The molecule has 0 aromatic heterocycles. The average molecular weight is 108 g/mol. The summed E-state index contributed by atoms with van der Waals surface area (Å²) in [6, 6.07) is 0. The first-order chi connectivity index (χ1) is 2.41. The molecule has 0 rings (SSSR count). The summed E-state index contributed by atoms with van der Waals surface area (Å²) in [6.07, 6.45) is 2.14. The molecule has 0 heterocycles. The molecule has 0 saturated heterocycles. The second-order valence-electron chi connectivity index (χ2n) is 0.470. The molecular formula is C3H6ClNO. The summed E-state index contributed by atoms with van der Waals surface area (Å²) in [5.74, 6) is 6.89. The minimum absolute atomic E-state index is 0. The molecule has 3 heteroatoms. The van der Waals surface area contributed by atoms with Crippen LogP contribution in [0.4, 0.5) is 0 Å². The van der Waals surface area contributed by atoms with E-state index < -0.39 is 0 Å². The Bertz CT molecular complexity index is 62.9. The normalized spacial score (nSPS) is 3.67. The van der Waals surface area contributed by atoms with E-state index >= 15 is 0 Å². The van der Waals surface area contributed by atoms with Crippen molar-refractivity contribution in [2.75, 3.05) is 0 Å². The van der Waals surface area contributed by atoms with Crippen LogP contribution in [0.5, 0.6) is 0 Å². The first kappa shape index (κ1) is 9.15. The molecule has 0 atom stereocenters. The first-order valence-corrected chi connectivity index (χ1v) is 1.19. The van der Waals surface area contributed by atoms with Crippen molar-refractivity contribution in [2.45, 2.75) is 6.92 Å². The third kappa shape index (κ3) is 9.49. The number of nitrogens with two attached hydrogens (primary N) is 1. The number of halogens is 1. The molecule has 0 spiro atoms. The van der Waals surface area contributed by atoms with Gasteiger partial charge < -0.3 is 4.84 Å². The highest BCUT2D eigenvalue weighted by atomic mass is 35.5. The van der Waals surface area contributed by atoms with Crippen LogP contribution in [0.1, 0.15) is 6.92 Å². The molecule has 0 aliphatic carbocycles. The van der Waals surface area contributed by atoms with Gasteiger partial charge in [-0.1, -0.05) is 5.92 Å². The van der Waals surface area contributed by atoms with Crippen molar-refractivity contribution in [1.29, 1.82) is 0 Å². The maximum absolute atomic E-state index is 4.47. The average Bonchev–Trinajstić information content (AvgIpc) is 1.41. The first-order valence-electron chi connectivity index (χ1n) is 1.19. The monoisotopic (exact) mass is 107 g/mol. The van der Waals surface area contributed by atoms with Crippen LogP contribution in [0.2, 0.25) is 0 Å². The van der Waals surface area contributed by atoms with Gasteiger partial charge in [0.1, 0.15) is 6.11 Å². The summed E-state index contributed by atoms with van der Waals surface area (Å²) in [7, 11) is 0. The third-order valence-electron chi connectivity index (χ3n) is 0.161. The van der Waals surface area contributed by atoms with Gasteiger partial charge in [0.05, 0.1) is 0 Å². The van der Waals surface area contributed by atoms with Crippen LogP contribution in [-0.2, 0) is 4.84 Å². The zero-order valence-electron chi connectivity index (χ0n) is 3.39. The van der Waals surface area contributed by atoms with E-state index in [1.54, 1.807) is 6.92 Å². The van der Waals surface area contributed by atoms with E-state index in [-0.39, 0.29) is 12.4 Å². The van der Waals surface area contributed by atoms with Crippen LogP contribution < -0.4 is 5.90 Å². The van der Waals surface area contributed by atoms with Crippen molar-refractivity contribution in [2.24, 2.45) is 5.90 Å². The Balaban J connectivity index is 0. The molecule has 0 aliphatic rings. The van der Waals surface area contributed by atoms with Crippen LogP contribution in [0, 0.1) is 12.0 Å². The molecule has 0 radical (unpaired) electrons. The number of hydrogen-bond donors (Lipinski definition) is 1. The predicted molar refractivity (Wildman–Crippen MR) is 26.0 cm³/mol. The van der Waals surface area contributed by atoms with Crippen molar-refractivity contribution >= 4 is 12.4 Å². The Hall–Kier alpha value is -0.390. The molecule has 2 N–H and O–H groups in total. The molecule has 6 heavy (non-hydrogen) atoms. The summed E-state index contributed by atoms with van der Waals surface area (Å²) in [4.78, 5) is 3.83. The van der Waals surface area contributed by atoms with Gasteiger partial charge in [-0.05, 0) is 0 Å². The van der Waals surface area contributed by atoms with E-state index in [0.29, 0.717) is 0 Å². The van der Waals surface area contributed by atoms with Gasteiger partial charge in [0.2, 0.25) is 0 Å². The highest BCUT2D eigenvalue weighted by Crippen LogP contribution is 1.43. The van der Waals surface area contributed by atoms with Crippen LogP contribution in [-0.4, -0.2) is 0 Å². The Morgan fingerprint density at radius 2 is 2.17 bits per heavy atom. The Labute approximate surface area is 43.0 Å². The van der Waals surface area contributed by atoms with Crippen molar-refractivity contribution in [3.63, 3.8) is 0 Å². The SMILES string of the molecule is CC#CON.Cl. The Morgan fingerprint density at radius 3 is 2.17 bits per heavy atom. The standard InChI is InChI=1S/C3H5NO.ClH/c1-2-3-5-4;/h4H2,1H3;1H. The zero-order valence-corrected chi connectivity index (χ0v) is 4.21. The van der Waals surface area contributed by atoms with E-state index in [9.17, 15) is 0 Å². The summed E-state index contributed by atoms with van der Waals surface area (Å²) >= 11 is 0. The lowest BCUT2D eigenvalue weighted by molar-refractivity contribution is 0.291. The molecule has 0 saturated carbocycles. The molecule has 0 aromatic carbocycles. The van der Waals surface area contributed by atoms with E-state index in [1.165, 1.54) is 0 Å². The molecule has 0 bridgehead atoms. The zero-order chi connectivity index (χ0) is 4.12.